The van der Waals surface area contributed by atoms with E-state index in [1.54, 1.807) is 42.7 Å². The second-order valence-electron chi connectivity index (χ2n) is 6.41. The molecule has 0 aliphatic rings. The van der Waals surface area contributed by atoms with E-state index in [0.29, 0.717) is 11.3 Å². The Bertz CT molecular complexity index is 1230. The fourth-order valence-electron chi connectivity index (χ4n) is 2.81. The normalized spacial score (nSPS) is 11.0. The molecule has 1 aromatic heterocycles. The number of halogens is 1. The molecule has 1 heterocycles. The average Bonchev–Trinajstić information content (AvgIpc) is 2.78. The molecule has 0 saturated carbocycles. The molecule has 0 amide bonds. The zero-order valence-corrected chi connectivity index (χ0v) is 17.8. The van der Waals surface area contributed by atoms with Gasteiger partial charge in [0.2, 0.25) is 10.0 Å². The summed E-state index contributed by atoms with van der Waals surface area (Å²) in [6.07, 6.45) is 3.25. The molecule has 3 aromatic rings. The van der Waals surface area contributed by atoms with Crippen LogP contribution in [0, 0.1) is 22.7 Å². The van der Waals surface area contributed by atoms with E-state index in [2.05, 4.69) is 4.98 Å². The molecule has 0 radical (unpaired) electrons. The molecule has 0 aliphatic heterocycles. The average molecular weight is 453 g/mol. The Balaban J connectivity index is 1.84. The standard InChI is InChI=1S/C22H17ClN4O3S/c23-21-5-1-6-22(20(21)14-25)30-18-7-9-19(10-8-18)31(28,29)27(13-3-11-24)16-17-4-2-12-26-15-17/h1-2,4-10,12,15H,3,13,16H2. The van der Waals surface area contributed by atoms with Gasteiger partial charge in [0.25, 0.3) is 0 Å². The summed E-state index contributed by atoms with van der Waals surface area (Å²) in [5.41, 5.74) is 0.911. The lowest BCUT2D eigenvalue weighted by Gasteiger charge is -2.21. The summed E-state index contributed by atoms with van der Waals surface area (Å²) in [7, 11) is -3.86. The van der Waals surface area contributed by atoms with Crippen molar-refractivity contribution in [3.63, 3.8) is 0 Å². The number of hydrogen-bond donors (Lipinski definition) is 0. The van der Waals surface area contributed by atoms with Crippen molar-refractivity contribution in [1.82, 2.24) is 9.29 Å². The number of rotatable bonds is 8. The summed E-state index contributed by atoms with van der Waals surface area (Å²) in [5.74, 6) is 0.631. The number of benzene rings is 2. The zero-order chi connectivity index (χ0) is 22.3. The minimum atomic E-state index is -3.86. The Hall–Kier alpha value is -3.43. The molecule has 0 N–H and O–H groups in total. The van der Waals surface area contributed by atoms with Crippen LogP contribution in [-0.2, 0) is 16.6 Å². The highest BCUT2D eigenvalue weighted by atomic mass is 35.5. The third-order valence-corrected chi connectivity index (χ3v) is 6.51. The highest BCUT2D eigenvalue weighted by Crippen LogP contribution is 2.30. The van der Waals surface area contributed by atoms with Crippen LogP contribution in [0.1, 0.15) is 17.5 Å². The van der Waals surface area contributed by atoms with E-state index in [4.69, 9.17) is 21.6 Å². The number of nitrogens with zero attached hydrogens (tertiary/aromatic N) is 4. The van der Waals surface area contributed by atoms with E-state index in [-0.39, 0.29) is 40.7 Å². The molecule has 0 unspecified atom stereocenters. The van der Waals surface area contributed by atoms with Gasteiger partial charge >= 0.3 is 0 Å². The first kappa shape index (κ1) is 22.3. The first-order chi connectivity index (χ1) is 15.0. The summed E-state index contributed by atoms with van der Waals surface area (Å²) in [5, 5.41) is 18.4. The molecule has 7 nitrogen and oxygen atoms in total. The Labute approximate surface area is 185 Å². The van der Waals surface area contributed by atoms with Crippen LogP contribution in [-0.4, -0.2) is 24.3 Å². The van der Waals surface area contributed by atoms with Crippen molar-refractivity contribution in [2.24, 2.45) is 0 Å². The predicted octanol–water partition coefficient (Wildman–Crippen LogP) is 4.50. The van der Waals surface area contributed by atoms with Crippen molar-refractivity contribution in [2.75, 3.05) is 6.54 Å². The molecule has 9 heteroatoms. The van der Waals surface area contributed by atoms with Gasteiger partial charge in [0.1, 0.15) is 23.1 Å². The van der Waals surface area contributed by atoms with E-state index in [1.807, 2.05) is 12.1 Å². The number of sulfonamides is 1. The molecule has 0 fully saturated rings. The third kappa shape index (κ3) is 5.39. The lowest BCUT2D eigenvalue weighted by molar-refractivity contribution is 0.412. The molecule has 0 bridgehead atoms. The topological polar surface area (TPSA) is 107 Å². The summed E-state index contributed by atoms with van der Waals surface area (Å²) >= 11 is 6.01. The molecular weight excluding hydrogens is 436 g/mol. The van der Waals surface area contributed by atoms with Gasteiger partial charge in [0.15, 0.2) is 0 Å². The van der Waals surface area contributed by atoms with Crippen molar-refractivity contribution in [1.29, 1.82) is 10.5 Å². The van der Waals surface area contributed by atoms with Crippen molar-refractivity contribution in [2.45, 2.75) is 17.9 Å². The number of hydrogen-bond acceptors (Lipinski definition) is 6. The van der Waals surface area contributed by atoms with Crippen LogP contribution in [0.25, 0.3) is 0 Å². The maximum Gasteiger partial charge on any atom is 0.243 e. The summed E-state index contributed by atoms with van der Waals surface area (Å²) in [6, 6.07) is 18.2. The van der Waals surface area contributed by atoms with Crippen LogP contribution in [0.3, 0.4) is 0 Å². The van der Waals surface area contributed by atoms with Gasteiger partial charge in [-0.05, 0) is 48.0 Å². The Kier molecular flexibility index (Phi) is 7.22. The van der Waals surface area contributed by atoms with E-state index in [9.17, 15) is 13.7 Å². The zero-order valence-electron chi connectivity index (χ0n) is 16.3. The lowest BCUT2D eigenvalue weighted by atomic mass is 10.2. The lowest BCUT2D eigenvalue weighted by Crippen LogP contribution is -2.31. The summed E-state index contributed by atoms with van der Waals surface area (Å²) in [6.45, 7) is 0.157. The van der Waals surface area contributed by atoms with Crippen LogP contribution >= 0.6 is 11.6 Å². The third-order valence-electron chi connectivity index (χ3n) is 4.33. The number of nitriles is 2. The summed E-state index contributed by atoms with van der Waals surface area (Å²) in [4.78, 5) is 4.07. The minimum absolute atomic E-state index is 0.0556. The van der Waals surface area contributed by atoms with Crippen molar-refractivity contribution >= 4 is 21.6 Å². The van der Waals surface area contributed by atoms with Crippen LogP contribution in [0.5, 0.6) is 11.5 Å². The maximum absolute atomic E-state index is 13.2. The fraction of sp³-hybridized carbons (Fsp3) is 0.136. The molecule has 0 saturated heterocycles. The number of aromatic nitrogens is 1. The van der Waals surface area contributed by atoms with Crippen molar-refractivity contribution in [3.05, 3.63) is 83.1 Å². The predicted molar refractivity (Wildman–Crippen MR) is 115 cm³/mol. The van der Waals surface area contributed by atoms with Gasteiger partial charge in [-0.2, -0.15) is 14.8 Å². The molecule has 2 aromatic carbocycles. The van der Waals surface area contributed by atoms with Gasteiger partial charge in [0, 0.05) is 31.9 Å². The smallest absolute Gasteiger partial charge is 0.243 e. The highest BCUT2D eigenvalue weighted by Gasteiger charge is 2.24. The van der Waals surface area contributed by atoms with E-state index in [1.165, 1.54) is 28.6 Å². The second-order valence-corrected chi connectivity index (χ2v) is 8.75. The highest BCUT2D eigenvalue weighted by molar-refractivity contribution is 7.89. The van der Waals surface area contributed by atoms with Gasteiger partial charge in [-0.1, -0.05) is 23.7 Å². The fourth-order valence-corrected chi connectivity index (χ4v) is 4.44. The monoisotopic (exact) mass is 452 g/mol. The number of ether oxygens (including phenoxy) is 1. The van der Waals surface area contributed by atoms with Crippen molar-refractivity contribution in [3.8, 4) is 23.6 Å². The minimum Gasteiger partial charge on any atom is -0.456 e. The molecule has 3 rings (SSSR count). The molecular formula is C22H17ClN4O3S. The van der Waals surface area contributed by atoms with E-state index in [0.717, 1.165) is 0 Å². The van der Waals surface area contributed by atoms with Crippen molar-refractivity contribution < 1.29 is 13.2 Å². The first-order valence-electron chi connectivity index (χ1n) is 9.18. The van der Waals surface area contributed by atoms with Gasteiger partial charge in [-0.3, -0.25) is 4.98 Å². The molecule has 0 spiro atoms. The Morgan fingerprint density at radius 3 is 2.48 bits per heavy atom. The van der Waals surface area contributed by atoms with Gasteiger partial charge in [-0.25, -0.2) is 8.42 Å². The van der Waals surface area contributed by atoms with E-state index < -0.39 is 10.0 Å². The second kappa shape index (κ2) is 10.1. The first-order valence-corrected chi connectivity index (χ1v) is 11.0. The molecule has 31 heavy (non-hydrogen) atoms. The Morgan fingerprint density at radius 2 is 1.84 bits per heavy atom. The molecule has 0 aliphatic carbocycles. The maximum atomic E-state index is 13.2. The SMILES string of the molecule is N#CCCN(Cc1cccnc1)S(=O)(=O)c1ccc(Oc2cccc(Cl)c2C#N)cc1. The summed E-state index contributed by atoms with van der Waals surface area (Å²) < 4.78 is 33.3. The van der Waals surface area contributed by atoms with Crippen LogP contribution in [0.2, 0.25) is 5.02 Å². The number of pyridine rings is 1. The van der Waals surface area contributed by atoms with Gasteiger partial charge < -0.3 is 4.74 Å². The Morgan fingerprint density at radius 1 is 1.06 bits per heavy atom. The van der Waals surface area contributed by atoms with E-state index >= 15 is 0 Å². The molecule has 156 valence electrons. The quantitative estimate of drug-likeness (QED) is 0.497. The van der Waals surface area contributed by atoms with Crippen LogP contribution in [0.4, 0.5) is 0 Å². The molecule has 0 atom stereocenters. The largest absolute Gasteiger partial charge is 0.456 e. The van der Waals surface area contributed by atoms with Crippen LogP contribution < -0.4 is 4.74 Å². The van der Waals surface area contributed by atoms with Gasteiger partial charge in [-0.15, -0.1) is 0 Å². The van der Waals surface area contributed by atoms with Gasteiger partial charge in [0.05, 0.1) is 16.0 Å². The van der Waals surface area contributed by atoms with Crippen LogP contribution in [0.15, 0.2) is 71.9 Å².